The maximum Gasteiger partial charge on any atom is 0.416 e. The Morgan fingerprint density at radius 2 is 2.00 bits per heavy atom. The highest BCUT2D eigenvalue weighted by atomic mass is 31.2. The van der Waals surface area contributed by atoms with Crippen LogP contribution in [0.15, 0.2) is 0 Å². The summed E-state index contributed by atoms with van der Waals surface area (Å²) in [6, 6.07) is 0. The van der Waals surface area contributed by atoms with Crippen LogP contribution in [0.2, 0.25) is 0 Å². The summed E-state index contributed by atoms with van der Waals surface area (Å²) in [6.45, 7) is 1.95. The second-order valence-corrected chi connectivity index (χ2v) is 3.48. The maximum absolute atomic E-state index is 10.5. The Morgan fingerprint density at radius 3 is 2.42 bits per heavy atom. The molecule has 0 aromatic heterocycles. The molecule has 8 heteroatoms. The second kappa shape index (κ2) is 4.96. The molecule has 1 aliphatic rings. The molecule has 0 spiro atoms. The number of hydrogen-bond acceptors (Lipinski definition) is 4. The average Bonchev–Trinajstić information content (AvgIpc) is 1.85. The van der Waals surface area contributed by atoms with E-state index in [1.807, 2.05) is 0 Å². The van der Waals surface area contributed by atoms with Crippen molar-refractivity contribution in [1.82, 2.24) is 5.06 Å². The van der Waals surface area contributed by atoms with E-state index in [-0.39, 0.29) is 8.41 Å². The van der Waals surface area contributed by atoms with Gasteiger partial charge >= 0.3 is 7.75 Å². The van der Waals surface area contributed by atoms with Crippen molar-refractivity contribution in [3.05, 3.63) is 0 Å². The van der Waals surface area contributed by atoms with Gasteiger partial charge in [-0.2, -0.15) is 5.06 Å². The molecular formula is C4H14BN2O4P. The van der Waals surface area contributed by atoms with Crippen LogP contribution in [0.5, 0.6) is 0 Å². The normalized spacial score (nSPS) is 24.2. The van der Waals surface area contributed by atoms with Crippen molar-refractivity contribution in [1.29, 1.82) is 0 Å². The molecule has 1 saturated heterocycles. The van der Waals surface area contributed by atoms with E-state index in [1.54, 1.807) is 0 Å². The van der Waals surface area contributed by atoms with Gasteiger partial charge < -0.3 is 9.63 Å². The lowest BCUT2D eigenvalue weighted by molar-refractivity contribution is -0.123. The van der Waals surface area contributed by atoms with Gasteiger partial charge in [0.1, 0.15) is 0 Å². The fourth-order valence-corrected chi connectivity index (χ4v) is 1.29. The molecule has 3 N–H and O–H groups in total. The summed E-state index contributed by atoms with van der Waals surface area (Å²) in [4.78, 5) is 8.60. The third-order valence-electron chi connectivity index (χ3n) is 1.20. The molecule has 1 fully saturated rings. The van der Waals surface area contributed by atoms with Crippen LogP contribution in [0.4, 0.5) is 0 Å². The highest BCUT2D eigenvalue weighted by Crippen LogP contribution is 2.32. The van der Waals surface area contributed by atoms with Gasteiger partial charge in [0.15, 0.2) is 0 Å². The highest BCUT2D eigenvalue weighted by Gasteiger charge is 2.20. The van der Waals surface area contributed by atoms with E-state index in [2.05, 4.69) is 4.62 Å². The summed E-state index contributed by atoms with van der Waals surface area (Å²) in [6.07, 6.45) is 0. The number of hydroxylamine groups is 2. The van der Waals surface area contributed by atoms with Crippen LogP contribution in [0.25, 0.3) is 0 Å². The molecule has 12 heavy (non-hydrogen) atoms. The first kappa shape index (κ1) is 12.1. The van der Waals surface area contributed by atoms with Crippen molar-refractivity contribution in [3.63, 3.8) is 0 Å². The van der Waals surface area contributed by atoms with Gasteiger partial charge in [-0.3, -0.25) is 0 Å². The lowest BCUT2D eigenvalue weighted by Gasteiger charge is -2.25. The topological polar surface area (TPSA) is 85.0 Å². The number of hydrogen-bond donors (Lipinski definition) is 2. The van der Waals surface area contributed by atoms with Gasteiger partial charge in [0.2, 0.25) is 0 Å². The van der Waals surface area contributed by atoms with Crippen molar-refractivity contribution >= 4 is 16.2 Å². The van der Waals surface area contributed by atoms with Gasteiger partial charge in [-0.25, -0.2) is 14.7 Å². The van der Waals surface area contributed by atoms with Gasteiger partial charge in [-0.1, -0.05) is 0 Å². The van der Waals surface area contributed by atoms with Gasteiger partial charge in [-0.05, 0) is 0 Å². The van der Waals surface area contributed by atoms with Crippen LogP contribution in [0.3, 0.4) is 0 Å². The van der Waals surface area contributed by atoms with Crippen molar-refractivity contribution in [2.75, 3.05) is 26.3 Å². The molecule has 1 heterocycles. The largest absolute Gasteiger partial charge is 0.416 e. The zero-order valence-corrected chi connectivity index (χ0v) is 6.87. The number of rotatable bonds is 2. The zero-order chi connectivity index (χ0) is 8.32. The lowest BCUT2D eigenvalue weighted by atomic mass is 10.5. The zero-order valence-electron chi connectivity index (χ0n) is 5.97. The highest BCUT2D eigenvalue weighted by molar-refractivity contribution is 7.50. The summed E-state index contributed by atoms with van der Waals surface area (Å²) in [5.74, 6) is 0. The molecule has 0 aromatic rings. The number of ether oxygens (including phenoxy) is 1. The van der Waals surface area contributed by atoms with Gasteiger partial charge in [0.05, 0.1) is 21.6 Å². The molecule has 0 aromatic carbocycles. The van der Waals surface area contributed by atoms with Crippen molar-refractivity contribution in [2.45, 2.75) is 0 Å². The Morgan fingerprint density at radius 1 is 1.50 bits per heavy atom. The van der Waals surface area contributed by atoms with Crippen molar-refractivity contribution in [3.8, 4) is 0 Å². The van der Waals surface area contributed by atoms with E-state index in [0.29, 0.717) is 26.3 Å². The Kier molecular flexibility index (Phi) is 5.00. The molecule has 72 valence electrons. The average molecular weight is 196 g/mol. The molecule has 1 unspecified atom stereocenters. The van der Waals surface area contributed by atoms with E-state index >= 15 is 0 Å². The summed E-state index contributed by atoms with van der Waals surface area (Å²) in [5, 5.41) is 1.34. The number of nitrogens with zero attached hydrogens (tertiary/aromatic N) is 1. The summed E-state index contributed by atoms with van der Waals surface area (Å²) in [5.41, 5.74) is 4.77. The third-order valence-corrected chi connectivity index (χ3v) is 1.67. The van der Waals surface area contributed by atoms with Crippen molar-refractivity contribution in [2.24, 2.45) is 5.50 Å². The first-order valence-corrected chi connectivity index (χ1v) is 4.86. The molecule has 0 amide bonds. The minimum Gasteiger partial charge on any atom is -0.379 e. The molecule has 1 rings (SSSR count). The fourth-order valence-electron chi connectivity index (χ4n) is 0.794. The minimum atomic E-state index is -3.86. The maximum atomic E-state index is 10.5. The van der Waals surface area contributed by atoms with Crippen LogP contribution in [0.1, 0.15) is 0 Å². The molecule has 0 saturated carbocycles. The van der Waals surface area contributed by atoms with Crippen molar-refractivity contribution < 1.29 is 18.8 Å². The quantitative estimate of drug-likeness (QED) is 0.397. The Hall–Kier alpha value is 0.0949. The molecule has 0 radical (unpaired) electrons. The van der Waals surface area contributed by atoms with Gasteiger partial charge in [0.25, 0.3) is 0 Å². The number of morpholine rings is 1. The predicted molar refractivity (Wildman–Crippen MR) is 47.4 cm³/mol. The molecule has 0 bridgehead atoms. The van der Waals surface area contributed by atoms with E-state index in [1.165, 1.54) is 5.06 Å². The molecule has 1 aliphatic heterocycles. The monoisotopic (exact) mass is 196 g/mol. The summed E-state index contributed by atoms with van der Waals surface area (Å²) >= 11 is 0. The van der Waals surface area contributed by atoms with Crippen LogP contribution in [-0.2, 0) is 13.9 Å². The molecule has 1 atom stereocenters. The Balaban J connectivity index is 0.00000121. The first-order valence-electron chi connectivity index (χ1n) is 3.22. The standard InChI is InChI=1S/C4H11N2O4P.BH3/c5-11(7,8)10-6-1-3-9-4-2-6;/h1-4H2,(H3,5,7,8);1H3. The van der Waals surface area contributed by atoms with Crippen LogP contribution in [0, 0.1) is 0 Å². The van der Waals surface area contributed by atoms with Crippen LogP contribution >= 0.6 is 7.75 Å². The SMILES string of the molecule is B.NP(=O)(O)ON1CCOCC1. The van der Waals surface area contributed by atoms with E-state index in [0.717, 1.165) is 0 Å². The smallest absolute Gasteiger partial charge is 0.379 e. The summed E-state index contributed by atoms with van der Waals surface area (Å²) < 4.78 is 20.0. The summed E-state index contributed by atoms with van der Waals surface area (Å²) in [7, 11) is -3.86. The number of nitrogens with two attached hydrogens (primary N) is 1. The van der Waals surface area contributed by atoms with Crippen LogP contribution in [-0.4, -0.2) is 44.7 Å². The van der Waals surface area contributed by atoms with E-state index in [9.17, 15) is 4.57 Å². The Labute approximate surface area is 72.7 Å². The fraction of sp³-hybridized carbons (Fsp3) is 1.00. The van der Waals surface area contributed by atoms with E-state index < -0.39 is 7.75 Å². The third kappa shape index (κ3) is 4.87. The molecule has 0 aliphatic carbocycles. The van der Waals surface area contributed by atoms with E-state index in [4.69, 9.17) is 15.1 Å². The predicted octanol–water partition coefficient (Wildman–Crippen LogP) is -1.87. The second-order valence-electron chi connectivity index (χ2n) is 2.19. The Bertz CT molecular complexity index is 168. The molecule has 6 nitrogen and oxygen atoms in total. The van der Waals surface area contributed by atoms with Gasteiger partial charge in [0, 0.05) is 13.1 Å². The van der Waals surface area contributed by atoms with Crippen LogP contribution < -0.4 is 5.50 Å². The van der Waals surface area contributed by atoms with Gasteiger partial charge in [-0.15, -0.1) is 0 Å². The first-order chi connectivity index (χ1) is 5.08. The molecular weight excluding hydrogens is 182 g/mol. The lowest BCUT2D eigenvalue weighted by Crippen LogP contribution is -2.36. The minimum absolute atomic E-state index is 0.